The summed E-state index contributed by atoms with van der Waals surface area (Å²) in [7, 11) is 0. The fourth-order valence-electron chi connectivity index (χ4n) is 2.16. The van der Waals surface area contributed by atoms with Gasteiger partial charge in [0.05, 0.1) is 18.4 Å². The van der Waals surface area contributed by atoms with Crippen molar-refractivity contribution in [1.82, 2.24) is 5.32 Å². The zero-order valence-corrected chi connectivity index (χ0v) is 13.7. The number of rotatable bonds is 6. The number of amides is 1. The van der Waals surface area contributed by atoms with Crippen molar-refractivity contribution in [2.45, 2.75) is 24.8 Å². The third-order valence-electron chi connectivity index (χ3n) is 3.42. The molecule has 0 saturated heterocycles. The van der Waals surface area contributed by atoms with E-state index in [1.807, 2.05) is 44.2 Å². The van der Waals surface area contributed by atoms with Gasteiger partial charge in [-0.25, -0.2) is 0 Å². The van der Waals surface area contributed by atoms with E-state index in [2.05, 4.69) is 23.5 Å². The minimum atomic E-state index is -0.354. The topological polar surface area (TPSA) is 49.3 Å². The summed E-state index contributed by atoms with van der Waals surface area (Å²) in [6.07, 6.45) is 0. The monoisotopic (exact) mass is 315 g/mol. The van der Waals surface area contributed by atoms with Crippen LogP contribution in [0.2, 0.25) is 0 Å². The second-order valence-electron chi connectivity index (χ2n) is 5.27. The molecule has 2 aromatic rings. The smallest absolute Gasteiger partial charge is 0.230 e. The highest BCUT2D eigenvalue weighted by atomic mass is 32.2. The highest BCUT2D eigenvalue weighted by Gasteiger charge is 2.13. The molecule has 0 saturated carbocycles. The Balaban J connectivity index is 1.93. The van der Waals surface area contributed by atoms with E-state index in [9.17, 15) is 9.90 Å². The van der Waals surface area contributed by atoms with Gasteiger partial charge in [-0.05, 0) is 31.0 Å². The van der Waals surface area contributed by atoms with Gasteiger partial charge in [0.1, 0.15) is 0 Å². The molecule has 0 aliphatic carbocycles. The fraction of sp³-hybridized carbons (Fsp3) is 0.278. The third kappa shape index (κ3) is 4.61. The van der Waals surface area contributed by atoms with Crippen molar-refractivity contribution in [2.24, 2.45) is 0 Å². The predicted octanol–water partition coefficient (Wildman–Crippen LogP) is 3.25. The SMILES string of the molecule is Cc1ccc(C)c(SCC(=O)NC(CO)c2ccccc2)c1. The Labute approximate surface area is 135 Å². The molecule has 116 valence electrons. The molecular formula is C18H21NO2S. The summed E-state index contributed by atoms with van der Waals surface area (Å²) in [4.78, 5) is 13.2. The Morgan fingerprint density at radius 1 is 1.18 bits per heavy atom. The molecule has 0 aliphatic heterocycles. The number of aliphatic hydroxyl groups excluding tert-OH is 1. The lowest BCUT2D eigenvalue weighted by molar-refractivity contribution is -0.119. The Bertz CT molecular complexity index is 628. The molecular weight excluding hydrogens is 294 g/mol. The molecule has 2 N–H and O–H groups in total. The first kappa shape index (κ1) is 16.6. The Hall–Kier alpha value is -1.78. The molecule has 2 aromatic carbocycles. The van der Waals surface area contributed by atoms with Crippen LogP contribution in [0.1, 0.15) is 22.7 Å². The lowest BCUT2D eigenvalue weighted by Gasteiger charge is -2.16. The quantitative estimate of drug-likeness (QED) is 0.805. The van der Waals surface area contributed by atoms with Crippen LogP contribution < -0.4 is 5.32 Å². The minimum absolute atomic E-state index is 0.0752. The van der Waals surface area contributed by atoms with Crippen molar-refractivity contribution in [3.8, 4) is 0 Å². The van der Waals surface area contributed by atoms with E-state index < -0.39 is 0 Å². The van der Waals surface area contributed by atoms with Gasteiger partial charge < -0.3 is 10.4 Å². The van der Waals surface area contributed by atoms with E-state index >= 15 is 0 Å². The molecule has 1 unspecified atom stereocenters. The summed E-state index contributed by atoms with van der Waals surface area (Å²) in [5, 5.41) is 12.4. The van der Waals surface area contributed by atoms with Crippen LogP contribution in [0.3, 0.4) is 0 Å². The van der Waals surface area contributed by atoms with Crippen LogP contribution in [0.4, 0.5) is 0 Å². The van der Waals surface area contributed by atoms with Crippen molar-refractivity contribution in [3.63, 3.8) is 0 Å². The minimum Gasteiger partial charge on any atom is -0.394 e. The molecule has 0 bridgehead atoms. The Morgan fingerprint density at radius 3 is 2.59 bits per heavy atom. The molecule has 2 rings (SSSR count). The van der Waals surface area contributed by atoms with Gasteiger partial charge in [-0.1, -0.05) is 48.0 Å². The maximum absolute atomic E-state index is 12.1. The number of aliphatic hydroxyl groups is 1. The number of carbonyl (C=O) groups is 1. The maximum atomic E-state index is 12.1. The van der Waals surface area contributed by atoms with E-state index in [0.29, 0.717) is 5.75 Å². The van der Waals surface area contributed by atoms with Gasteiger partial charge in [-0.15, -0.1) is 11.8 Å². The van der Waals surface area contributed by atoms with Crippen LogP contribution in [0, 0.1) is 13.8 Å². The molecule has 1 atom stereocenters. The number of hydrogen-bond acceptors (Lipinski definition) is 3. The average molecular weight is 315 g/mol. The largest absolute Gasteiger partial charge is 0.394 e. The third-order valence-corrected chi connectivity index (χ3v) is 4.58. The molecule has 3 nitrogen and oxygen atoms in total. The van der Waals surface area contributed by atoms with Crippen LogP contribution >= 0.6 is 11.8 Å². The van der Waals surface area contributed by atoms with Gasteiger partial charge >= 0.3 is 0 Å². The van der Waals surface area contributed by atoms with E-state index in [0.717, 1.165) is 10.5 Å². The van der Waals surface area contributed by atoms with E-state index in [1.165, 1.54) is 22.9 Å². The van der Waals surface area contributed by atoms with Gasteiger partial charge in [0, 0.05) is 4.90 Å². The highest BCUT2D eigenvalue weighted by Crippen LogP contribution is 2.23. The first-order chi connectivity index (χ1) is 10.6. The summed E-state index contributed by atoms with van der Waals surface area (Å²) in [6, 6.07) is 15.4. The number of hydrogen-bond donors (Lipinski definition) is 2. The standard InChI is InChI=1S/C18H21NO2S/c1-13-8-9-14(2)17(10-13)22-12-18(21)19-16(11-20)15-6-4-3-5-7-15/h3-10,16,20H,11-12H2,1-2H3,(H,19,21). The molecule has 0 heterocycles. The second kappa shape index (κ2) is 8.01. The maximum Gasteiger partial charge on any atom is 0.230 e. The summed E-state index contributed by atoms with van der Waals surface area (Å²) in [5.74, 6) is 0.266. The molecule has 0 spiro atoms. The zero-order valence-electron chi connectivity index (χ0n) is 12.9. The van der Waals surface area contributed by atoms with Crippen LogP contribution in [-0.2, 0) is 4.79 Å². The molecule has 0 fully saturated rings. The van der Waals surface area contributed by atoms with Gasteiger partial charge in [-0.2, -0.15) is 0 Å². The van der Waals surface area contributed by atoms with Crippen LogP contribution in [-0.4, -0.2) is 23.4 Å². The van der Waals surface area contributed by atoms with Crippen LogP contribution in [0.15, 0.2) is 53.4 Å². The Kier molecular flexibility index (Phi) is 6.04. The average Bonchev–Trinajstić information content (AvgIpc) is 2.54. The first-order valence-corrected chi connectivity index (χ1v) is 8.24. The van der Waals surface area contributed by atoms with E-state index in [1.54, 1.807) is 0 Å². The molecule has 22 heavy (non-hydrogen) atoms. The zero-order chi connectivity index (χ0) is 15.9. The first-order valence-electron chi connectivity index (χ1n) is 7.25. The van der Waals surface area contributed by atoms with Crippen molar-refractivity contribution in [1.29, 1.82) is 0 Å². The number of nitrogens with one attached hydrogen (secondary N) is 1. The molecule has 0 radical (unpaired) electrons. The van der Waals surface area contributed by atoms with Crippen LogP contribution in [0.25, 0.3) is 0 Å². The molecule has 0 aliphatic rings. The van der Waals surface area contributed by atoms with Gasteiger partial charge in [0.2, 0.25) is 5.91 Å². The lowest BCUT2D eigenvalue weighted by atomic mass is 10.1. The number of carbonyl (C=O) groups excluding carboxylic acids is 1. The van der Waals surface area contributed by atoms with E-state index in [4.69, 9.17) is 0 Å². The van der Waals surface area contributed by atoms with Crippen molar-refractivity contribution in [2.75, 3.05) is 12.4 Å². The van der Waals surface area contributed by atoms with Crippen molar-refractivity contribution < 1.29 is 9.90 Å². The van der Waals surface area contributed by atoms with Crippen molar-refractivity contribution >= 4 is 17.7 Å². The van der Waals surface area contributed by atoms with Crippen LogP contribution in [0.5, 0.6) is 0 Å². The number of thioether (sulfide) groups is 1. The summed E-state index contributed by atoms with van der Waals surface area (Å²) >= 11 is 1.52. The Morgan fingerprint density at radius 2 is 1.91 bits per heavy atom. The van der Waals surface area contributed by atoms with Gasteiger partial charge in [0.15, 0.2) is 0 Å². The normalized spacial score (nSPS) is 12.0. The number of benzene rings is 2. The van der Waals surface area contributed by atoms with E-state index in [-0.39, 0.29) is 18.6 Å². The summed E-state index contributed by atoms with van der Waals surface area (Å²) in [6.45, 7) is 3.98. The second-order valence-corrected chi connectivity index (χ2v) is 6.29. The van der Waals surface area contributed by atoms with Crippen molar-refractivity contribution in [3.05, 3.63) is 65.2 Å². The highest BCUT2D eigenvalue weighted by molar-refractivity contribution is 8.00. The summed E-state index contributed by atoms with van der Waals surface area (Å²) in [5.41, 5.74) is 3.27. The fourth-order valence-corrected chi connectivity index (χ4v) is 3.10. The summed E-state index contributed by atoms with van der Waals surface area (Å²) < 4.78 is 0. The molecule has 1 amide bonds. The predicted molar refractivity (Wildman–Crippen MR) is 91.1 cm³/mol. The lowest BCUT2D eigenvalue weighted by Crippen LogP contribution is -2.32. The van der Waals surface area contributed by atoms with Gasteiger partial charge in [0.25, 0.3) is 0 Å². The molecule has 0 aromatic heterocycles. The van der Waals surface area contributed by atoms with Gasteiger partial charge in [-0.3, -0.25) is 4.79 Å². The number of aryl methyl sites for hydroxylation is 2. The molecule has 4 heteroatoms.